The summed E-state index contributed by atoms with van der Waals surface area (Å²) in [6.45, 7) is 11.2. The number of piperidine rings is 2. The molecule has 4 aliphatic rings. The second kappa shape index (κ2) is 8.16. The largest absolute Gasteiger partial charge is 0.350 e. The number of benzene rings is 1. The fraction of sp³-hybridized carbons (Fsp3) is 0.667. The van der Waals surface area contributed by atoms with Gasteiger partial charge in [-0.05, 0) is 48.3 Å². The molecule has 1 aromatic rings. The highest BCUT2D eigenvalue weighted by Gasteiger charge is 2.70. The lowest BCUT2D eigenvalue weighted by Gasteiger charge is -2.55. The molecule has 3 aliphatic heterocycles. The second-order valence-electron chi connectivity index (χ2n) is 10.3. The Kier molecular flexibility index (Phi) is 5.88. The minimum absolute atomic E-state index is 0.0287. The Hall–Kier alpha value is -1.59. The number of rotatable bonds is 7. The topological polar surface area (TPSA) is 61.4 Å². The minimum Gasteiger partial charge on any atom is -0.350 e. The monoisotopic (exact) mass is 431 g/mol. The first-order valence-corrected chi connectivity index (χ1v) is 11.7. The lowest BCUT2D eigenvalue weighted by molar-refractivity contribution is -0.155. The molecule has 1 aliphatic carbocycles. The molecular weight excluding hydrogens is 398 g/mol. The lowest BCUT2D eigenvalue weighted by atomic mass is 9.57. The zero-order valence-corrected chi connectivity index (χ0v) is 19.2. The van der Waals surface area contributed by atoms with Gasteiger partial charge < -0.3 is 10.6 Å². The van der Waals surface area contributed by atoms with Crippen LogP contribution in [0.25, 0.3) is 0 Å². The summed E-state index contributed by atoms with van der Waals surface area (Å²) in [6.07, 6.45) is 1.80. The zero-order chi connectivity index (χ0) is 21.6. The predicted octanol–water partition coefficient (Wildman–Crippen LogP) is 3.46. The summed E-state index contributed by atoms with van der Waals surface area (Å²) in [4.78, 5) is 29.2. The quantitative estimate of drug-likeness (QED) is 0.694. The molecule has 5 atom stereocenters. The molecule has 4 bridgehead atoms. The Morgan fingerprint density at radius 3 is 2.57 bits per heavy atom. The maximum Gasteiger partial charge on any atom is 0.248 e. The molecule has 3 heterocycles. The molecular formula is C24H34ClN3O2. The third-order valence-electron chi connectivity index (χ3n) is 7.17. The maximum atomic E-state index is 13.7. The number of likely N-dealkylation sites (tertiary alicyclic amines) is 1. The summed E-state index contributed by atoms with van der Waals surface area (Å²) in [5.41, 5.74) is 0.192. The molecule has 5 rings (SSSR count). The second-order valence-corrected chi connectivity index (χ2v) is 10.7. The lowest BCUT2D eigenvalue weighted by Crippen LogP contribution is -2.77. The number of halogens is 1. The van der Waals surface area contributed by atoms with Crippen molar-refractivity contribution in [1.29, 1.82) is 0 Å². The summed E-state index contributed by atoms with van der Waals surface area (Å²) in [5.74, 6) is 1.50. The van der Waals surface area contributed by atoms with Crippen molar-refractivity contribution in [3.8, 4) is 0 Å². The van der Waals surface area contributed by atoms with Crippen LogP contribution in [0.4, 0.5) is 0 Å². The van der Waals surface area contributed by atoms with Gasteiger partial charge in [0.05, 0.1) is 0 Å². The van der Waals surface area contributed by atoms with Gasteiger partial charge in [0.1, 0.15) is 5.54 Å². The molecule has 3 saturated heterocycles. The van der Waals surface area contributed by atoms with Crippen LogP contribution >= 0.6 is 11.6 Å². The zero-order valence-electron chi connectivity index (χ0n) is 18.5. The first-order chi connectivity index (χ1) is 14.2. The fourth-order valence-electron chi connectivity index (χ4n) is 6.22. The SMILES string of the molecule is CC(C)C[C@H]1[C@@H]2N(CC(C)C)C[C@@H]3C[C@H]1C(=O)N[C@@]32C(=O)NCc1ccc(Cl)cc1. The number of nitrogens with zero attached hydrogens (tertiary/aromatic N) is 1. The van der Waals surface area contributed by atoms with Crippen LogP contribution in [-0.2, 0) is 16.1 Å². The van der Waals surface area contributed by atoms with E-state index in [-0.39, 0.29) is 35.6 Å². The molecule has 5 nitrogen and oxygen atoms in total. The van der Waals surface area contributed by atoms with Crippen molar-refractivity contribution in [2.45, 2.75) is 58.7 Å². The molecule has 2 amide bonds. The van der Waals surface area contributed by atoms with E-state index in [0.29, 0.717) is 23.4 Å². The van der Waals surface area contributed by atoms with Crippen molar-refractivity contribution in [1.82, 2.24) is 15.5 Å². The molecule has 1 saturated carbocycles. The van der Waals surface area contributed by atoms with Gasteiger partial charge in [-0.1, -0.05) is 51.4 Å². The molecule has 0 spiro atoms. The molecule has 1 aromatic carbocycles. The van der Waals surface area contributed by atoms with Gasteiger partial charge in [0.2, 0.25) is 11.8 Å². The number of nitrogens with one attached hydrogen (secondary N) is 2. The fourth-order valence-corrected chi connectivity index (χ4v) is 6.34. The van der Waals surface area contributed by atoms with Crippen molar-refractivity contribution < 1.29 is 9.59 Å². The van der Waals surface area contributed by atoms with E-state index in [9.17, 15) is 9.59 Å². The van der Waals surface area contributed by atoms with Crippen molar-refractivity contribution in [3.05, 3.63) is 34.9 Å². The van der Waals surface area contributed by atoms with Gasteiger partial charge in [-0.2, -0.15) is 0 Å². The Bertz CT molecular complexity index is 809. The molecule has 2 N–H and O–H groups in total. The maximum absolute atomic E-state index is 13.7. The van der Waals surface area contributed by atoms with Crippen molar-refractivity contribution in [3.63, 3.8) is 0 Å². The normalized spacial score (nSPS) is 32.7. The Morgan fingerprint density at radius 2 is 1.93 bits per heavy atom. The molecule has 4 fully saturated rings. The molecule has 0 radical (unpaired) electrons. The van der Waals surface area contributed by atoms with Crippen LogP contribution < -0.4 is 10.6 Å². The van der Waals surface area contributed by atoms with Crippen LogP contribution in [0.5, 0.6) is 0 Å². The van der Waals surface area contributed by atoms with E-state index in [4.69, 9.17) is 11.6 Å². The minimum atomic E-state index is -0.813. The number of hydrogen-bond acceptors (Lipinski definition) is 3. The van der Waals surface area contributed by atoms with Crippen LogP contribution in [0.1, 0.15) is 46.1 Å². The molecule has 6 heteroatoms. The third kappa shape index (κ3) is 3.64. The van der Waals surface area contributed by atoms with Gasteiger partial charge in [-0.25, -0.2) is 0 Å². The summed E-state index contributed by atoms with van der Waals surface area (Å²) >= 11 is 5.98. The Balaban J connectivity index is 1.63. The predicted molar refractivity (Wildman–Crippen MR) is 119 cm³/mol. The van der Waals surface area contributed by atoms with Crippen LogP contribution in [0.2, 0.25) is 5.02 Å². The summed E-state index contributed by atoms with van der Waals surface area (Å²) in [6, 6.07) is 7.60. The molecule has 30 heavy (non-hydrogen) atoms. The number of amides is 2. The van der Waals surface area contributed by atoms with E-state index in [1.165, 1.54) is 0 Å². The van der Waals surface area contributed by atoms with Gasteiger partial charge in [-0.15, -0.1) is 0 Å². The highest BCUT2D eigenvalue weighted by atomic mass is 35.5. The van der Waals surface area contributed by atoms with Crippen LogP contribution in [-0.4, -0.2) is 41.4 Å². The number of carbonyl (C=O) groups is 2. The van der Waals surface area contributed by atoms with Crippen molar-refractivity contribution in [2.24, 2.45) is 29.6 Å². The number of fused-ring (bicyclic) bond motifs is 1. The smallest absolute Gasteiger partial charge is 0.248 e. The van der Waals surface area contributed by atoms with E-state index in [2.05, 4.69) is 43.2 Å². The van der Waals surface area contributed by atoms with Crippen molar-refractivity contribution in [2.75, 3.05) is 13.1 Å². The standard InChI is InChI=1S/C24H34ClN3O2/c1-14(2)9-19-20-10-17-13-28(12-15(3)4)21(19)24(17,27-22(20)29)23(30)26-11-16-5-7-18(25)8-6-16/h5-8,14-15,17,19-21H,9-13H2,1-4H3,(H,26,30)(H,27,29)/t17-,19+,20+,21-,24-/m0/s1. The Morgan fingerprint density at radius 1 is 1.23 bits per heavy atom. The van der Waals surface area contributed by atoms with E-state index in [1.807, 2.05) is 24.3 Å². The molecule has 0 unspecified atom stereocenters. The van der Waals surface area contributed by atoms with E-state index in [0.717, 1.165) is 31.5 Å². The van der Waals surface area contributed by atoms with Gasteiger partial charge in [-0.3, -0.25) is 14.5 Å². The summed E-state index contributed by atoms with van der Waals surface area (Å²) in [7, 11) is 0. The van der Waals surface area contributed by atoms with Crippen LogP contribution in [0.15, 0.2) is 24.3 Å². The average molecular weight is 432 g/mol. The molecule has 0 aromatic heterocycles. The van der Waals surface area contributed by atoms with Gasteiger partial charge >= 0.3 is 0 Å². The van der Waals surface area contributed by atoms with E-state index in [1.54, 1.807) is 0 Å². The van der Waals surface area contributed by atoms with Crippen LogP contribution in [0.3, 0.4) is 0 Å². The van der Waals surface area contributed by atoms with Gasteiger partial charge in [0, 0.05) is 42.5 Å². The summed E-state index contributed by atoms with van der Waals surface area (Å²) < 4.78 is 0. The first-order valence-electron chi connectivity index (χ1n) is 11.3. The summed E-state index contributed by atoms with van der Waals surface area (Å²) in [5, 5.41) is 7.06. The van der Waals surface area contributed by atoms with Crippen LogP contribution in [0, 0.1) is 29.6 Å². The van der Waals surface area contributed by atoms with Gasteiger partial charge in [0.25, 0.3) is 0 Å². The Labute approximate surface area is 184 Å². The highest BCUT2D eigenvalue weighted by Crippen LogP contribution is 2.54. The van der Waals surface area contributed by atoms with E-state index >= 15 is 0 Å². The van der Waals surface area contributed by atoms with E-state index < -0.39 is 5.54 Å². The third-order valence-corrected chi connectivity index (χ3v) is 7.42. The first kappa shape index (κ1) is 21.6. The highest BCUT2D eigenvalue weighted by molar-refractivity contribution is 6.30. The number of carbonyl (C=O) groups excluding carboxylic acids is 2. The molecule has 164 valence electrons. The van der Waals surface area contributed by atoms with Crippen molar-refractivity contribution >= 4 is 23.4 Å². The number of hydrogen-bond donors (Lipinski definition) is 2. The van der Waals surface area contributed by atoms with Gasteiger partial charge in [0.15, 0.2) is 0 Å². The average Bonchev–Trinajstić information content (AvgIpc) is 2.89.